The van der Waals surface area contributed by atoms with Crippen molar-refractivity contribution in [2.75, 3.05) is 23.4 Å². The minimum absolute atomic E-state index is 0.0552. The van der Waals surface area contributed by atoms with Gasteiger partial charge in [0.05, 0.1) is 5.92 Å². The molecular formula is C23H25FN2O4. The topological polar surface area (TPSA) is 75.7 Å². The second-order valence-corrected chi connectivity index (χ2v) is 7.20. The van der Waals surface area contributed by atoms with Gasteiger partial charge in [-0.3, -0.25) is 14.4 Å². The lowest BCUT2D eigenvalue weighted by Crippen LogP contribution is -2.29. The van der Waals surface area contributed by atoms with Crippen LogP contribution in [0.2, 0.25) is 0 Å². The van der Waals surface area contributed by atoms with Crippen molar-refractivity contribution in [3.05, 3.63) is 59.4 Å². The van der Waals surface area contributed by atoms with Crippen LogP contribution in [0.1, 0.15) is 31.4 Å². The standard InChI is InChI=1S/C23H25FN2O4/c1-3-15-6-5-7-16(4-2)22(15)26-13-17(12-21(26)28)23(29)30-14-20(27)25-19-10-8-18(24)9-11-19/h5-11,17H,3-4,12-14H2,1-2H3,(H,25,27)/t17-/m1/s1. The van der Waals surface area contributed by atoms with Crippen LogP contribution in [-0.2, 0) is 32.0 Å². The van der Waals surface area contributed by atoms with Crippen molar-refractivity contribution in [2.24, 2.45) is 5.92 Å². The average Bonchev–Trinajstić information content (AvgIpc) is 3.14. The van der Waals surface area contributed by atoms with Crippen LogP contribution in [-0.4, -0.2) is 30.9 Å². The number of anilines is 2. The quantitative estimate of drug-likeness (QED) is 0.707. The number of esters is 1. The highest BCUT2D eigenvalue weighted by Gasteiger charge is 2.37. The Morgan fingerprint density at radius 2 is 1.73 bits per heavy atom. The van der Waals surface area contributed by atoms with Crippen molar-refractivity contribution in [1.82, 2.24) is 0 Å². The molecule has 3 rings (SSSR count). The minimum Gasteiger partial charge on any atom is -0.455 e. The molecule has 30 heavy (non-hydrogen) atoms. The Balaban J connectivity index is 1.60. The molecule has 0 aromatic heterocycles. The van der Waals surface area contributed by atoms with Gasteiger partial charge in [0, 0.05) is 24.3 Å². The van der Waals surface area contributed by atoms with E-state index in [1.54, 1.807) is 4.90 Å². The number of hydrogen-bond donors (Lipinski definition) is 1. The van der Waals surface area contributed by atoms with Gasteiger partial charge in [-0.15, -0.1) is 0 Å². The number of benzene rings is 2. The Morgan fingerprint density at radius 1 is 1.10 bits per heavy atom. The molecule has 0 unspecified atom stereocenters. The van der Waals surface area contributed by atoms with Gasteiger partial charge in [0.1, 0.15) is 5.82 Å². The zero-order valence-corrected chi connectivity index (χ0v) is 17.1. The monoisotopic (exact) mass is 412 g/mol. The van der Waals surface area contributed by atoms with Crippen molar-refractivity contribution < 1.29 is 23.5 Å². The lowest BCUT2D eigenvalue weighted by atomic mass is 10.0. The lowest BCUT2D eigenvalue weighted by molar-refractivity contribution is -0.151. The molecule has 0 radical (unpaired) electrons. The van der Waals surface area contributed by atoms with Gasteiger partial charge in [-0.1, -0.05) is 32.0 Å². The Bertz CT molecular complexity index is 920. The zero-order chi connectivity index (χ0) is 21.7. The highest BCUT2D eigenvalue weighted by atomic mass is 19.1. The molecule has 2 aromatic rings. The van der Waals surface area contributed by atoms with E-state index in [-0.39, 0.29) is 18.9 Å². The number of ether oxygens (including phenoxy) is 1. The molecule has 1 heterocycles. The number of nitrogens with zero attached hydrogens (tertiary/aromatic N) is 1. The summed E-state index contributed by atoms with van der Waals surface area (Å²) in [6.45, 7) is 3.84. The predicted octanol–water partition coefficient (Wildman–Crippen LogP) is 3.49. The molecule has 1 fully saturated rings. The van der Waals surface area contributed by atoms with Gasteiger partial charge in [0.2, 0.25) is 5.91 Å². The first-order valence-electron chi connectivity index (χ1n) is 10.1. The summed E-state index contributed by atoms with van der Waals surface area (Å²) in [6, 6.07) is 11.2. The van der Waals surface area contributed by atoms with Gasteiger partial charge in [-0.2, -0.15) is 0 Å². The van der Waals surface area contributed by atoms with Crippen LogP contribution in [0.5, 0.6) is 0 Å². The minimum atomic E-state index is -0.620. The molecule has 0 bridgehead atoms. The number of halogens is 1. The average molecular weight is 412 g/mol. The number of nitrogens with one attached hydrogen (secondary N) is 1. The van der Waals surface area contributed by atoms with Crippen LogP contribution in [0, 0.1) is 11.7 Å². The highest BCUT2D eigenvalue weighted by molar-refractivity contribution is 6.01. The van der Waals surface area contributed by atoms with Crippen LogP contribution >= 0.6 is 0 Å². The second kappa shape index (κ2) is 9.52. The molecule has 2 aromatic carbocycles. The first-order chi connectivity index (χ1) is 14.4. The van der Waals surface area contributed by atoms with Crippen LogP contribution in [0.3, 0.4) is 0 Å². The number of hydrogen-bond acceptors (Lipinski definition) is 4. The van der Waals surface area contributed by atoms with E-state index in [9.17, 15) is 18.8 Å². The first-order valence-corrected chi connectivity index (χ1v) is 10.1. The zero-order valence-electron chi connectivity index (χ0n) is 17.1. The first kappa shape index (κ1) is 21.5. The van der Waals surface area contributed by atoms with Gasteiger partial charge >= 0.3 is 5.97 Å². The highest BCUT2D eigenvalue weighted by Crippen LogP contribution is 2.32. The van der Waals surface area contributed by atoms with E-state index in [1.165, 1.54) is 24.3 Å². The number of carbonyl (C=O) groups excluding carboxylic acids is 3. The molecule has 158 valence electrons. The molecule has 1 aliphatic rings. The Morgan fingerprint density at radius 3 is 2.33 bits per heavy atom. The van der Waals surface area contributed by atoms with E-state index in [4.69, 9.17) is 4.74 Å². The van der Waals surface area contributed by atoms with E-state index in [1.807, 2.05) is 32.0 Å². The maximum atomic E-state index is 12.9. The fraction of sp³-hybridized carbons (Fsp3) is 0.348. The normalized spacial score (nSPS) is 15.9. The summed E-state index contributed by atoms with van der Waals surface area (Å²) in [7, 11) is 0. The molecule has 1 N–H and O–H groups in total. The SMILES string of the molecule is CCc1cccc(CC)c1N1C[C@H](C(=O)OCC(=O)Nc2ccc(F)cc2)CC1=O. The molecule has 1 atom stereocenters. The molecule has 7 heteroatoms. The van der Waals surface area contributed by atoms with Crippen molar-refractivity contribution in [2.45, 2.75) is 33.1 Å². The van der Waals surface area contributed by atoms with Gasteiger partial charge in [-0.25, -0.2) is 4.39 Å². The summed E-state index contributed by atoms with van der Waals surface area (Å²) in [4.78, 5) is 38.7. The number of para-hydroxylation sites is 1. The Labute approximate surface area is 175 Å². The number of amides is 2. The van der Waals surface area contributed by atoms with Crippen molar-refractivity contribution >= 4 is 29.2 Å². The molecule has 1 aliphatic heterocycles. The smallest absolute Gasteiger partial charge is 0.311 e. The third-order valence-electron chi connectivity index (χ3n) is 5.17. The maximum Gasteiger partial charge on any atom is 0.311 e. The maximum absolute atomic E-state index is 12.9. The molecule has 0 spiro atoms. The van der Waals surface area contributed by atoms with E-state index in [2.05, 4.69) is 5.32 Å². The molecule has 0 saturated carbocycles. The van der Waals surface area contributed by atoms with E-state index >= 15 is 0 Å². The van der Waals surface area contributed by atoms with Crippen molar-refractivity contribution in [3.63, 3.8) is 0 Å². The van der Waals surface area contributed by atoms with Gasteiger partial charge in [0.25, 0.3) is 5.91 Å². The van der Waals surface area contributed by atoms with Crippen LogP contribution in [0.15, 0.2) is 42.5 Å². The second-order valence-electron chi connectivity index (χ2n) is 7.20. The predicted molar refractivity (Wildman–Crippen MR) is 112 cm³/mol. The van der Waals surface area contributed by atoms with Crippen molar-refractivity contribution in [1.29, 1.82) is 0 Å². The fourth-order valence-electron chi connectivity index (χ4n) is 3.63. The van der Waals surface area contributed by atoms with E-state index in [0.717, 1.165) is 29.7 Å². The van der Waals surface area contributed by atoms with Gasteiger partial charge < -0.3 is 15.0 Å². The Hall–Kier alpha value is -3.22. The fourth-order valence-corrected chi connectivity index (χ4v) is 3.63. The summed E-state index contributed by atoms with van der Waals surface area (Å²) in [5, 5.41) is 2.53. The van der Waals surface area contributed by atoms with Crippen molar-refractivity contribution in [3.8, 4) is 0 Å². The summed E-state index contributed by atoms with van der Waals surface area (Å²) in [6.07, 6.45) is 1.62. The summed E-state index contributed by atoms with van der Waals surface area (Å²) >= 11 is 0. The summed E-state index contributed by atoms with van der Waals surface area (Å²) in [5.41, 5.74) is 3.42. The number of rotatable bonds is 7. The van der Waals surface area contributed by atoms with Crippen LogP contribution in [0.25, 0.3) is 0 Å². The largest absolute Gasteiger partial charge is 0.455 e. The number of aryl methyl sites for hydroxylation is 2. The lowest BCUT2D eigenvalue weighted by Gasteiger charge is -2.23. The molecule has 1 saturated heterocycles. The van der Waals surface area contributed by atoms with Gasteiger partial charge in [-0.05, 0) is 48.2 Å². The van der Waals surface area contributed by atoms with Crippen LogP contribution in [0.4, 0.5) is 15.8 Å². The molecular weight excluding hydrogens is 387 g/mol. The molecule has 6 nitrogen and oxygen atoms in total. The summed E-state index contributed by atoms with van der Waals surface area (Å²) < 4.78 is 18.0. The third kappa shape index (κ3) is 4.84. The van der Waals surface area contributed by atoms with E-state index < -0.39 is 30.2 Å². The third-order valence-corrected chi connectivity index (χ3v) is 5.17. The summed E-state index contributed by atoms with van der Waals surface area (Å²) in [5.74, 6) is -2.26. The van der Waals surface area contributed by atoms with Crippen LogP contribution < -0.4 is 10.2 Å². The van der Waals surface area contributed by atoms with E-state index in [0.29, 0.717) is 5.69 Å². The Kier molecular flexibility index (Phi) is 6.82. The molecule has 0 aliphatic carbocycles. The molecule has 2 amide bonds. The van der Waals surface area contributed by atoms with Gasteiger partial charge in [0.15, 0.2) is 6.61 Å². The number of carbonyl (C=O) groups is 3.